The van der Waals surface area contributed by atoms with Crippen LogP contribution in [0.2, 0.25) is 0 Å². The molecule has 0 bridgehead atoms. The third-order valence-corrected chi connectivity index (χ3v) is 4.89. The summed E-state index contributed by atoms with van der Waals surface area (Å²) < 4.78 is 24.1. The minimum atomic E-state index is -3.22. The minimum absolute atomic E-state index is 0.249. The number of sulfonamides is 1. The number of nitrogens with zero attached hydrogens (tertiary/aromatic N) is 3. The molecule has 0 unspecified atom stereocenters. The van der Waals surface area contributed by atoms with E-state index >= 15 is 0 Å². The molecule has 0 radical (unpaired) electrons. The summed E-state index contributed by atoms with van der Waals surface area (Å²) in [6.45, 7) is 3.50. The van der Waals surface area contributed by atoms with Crippen molar-refractivity contribution < 1.29 is 18.0 Å². The van der Waals surface area contributed by atoms with Crippen LogP contribution in [-0.4, -0.2) is 93.0 Å². The maximum atomic E-state index is 12.1. The highest BCUT2D eigenvalue weighted by Crippen LogP contribution is 2.07. The van der Waals surface area contributed by atoms with Crippen LogP contribution in [0.3, 0.4) is 0 Å². The van der Waals surface area contributed by atoms with Gasteiger partial charge in [0.1, 0.15) is 0 Å². The van der Waals surface area contributed by atoms with Gasteiger partial charge in [0.15, 0.2) is 0 Å². The number of amides is 2. The molecule has 20 heavy (non-hydrogen) atoms. The van der Waals surface area contributed by atoms with Crippen molar-refractivity contribution in [3.05, 3.63) is 0 Å². The first kappa shape index (κ1) is 15.2. The third kappa shape index (κ3) is 3.47. The molecule has 0 aromatic rings. The molecule has 0 spiro atoms. The molecule has 2 aliphatic rings. The van der Waals surface area contributed by atoms with Gasteiger partial charge in [-0.15, -0.1) is 0 Å². The molecule has 2 saturated heterocycles. The van der Waals surface area contributed by atoms with Gasteiger partial charge in [-0.3, -0.25) is 9.59 Å². The summed E-state index contributed by atoms with van der Waals surface area (Å²) >= 11 is 0. The van der Waals surface area contributed by atoms with Gasteiger partial charge >= 0.3 is 11.8 Å². The van der Waals surface area contributed by atoms with Crippen LogP contribution >= 0.6 is 0 Å². The number of hydrogen-bond acceptors (Lipinski definition) is 5. The van der Waals surface area contributed by atoms with Gasteiger partial charge in [-0.25, -0.2) is 8.42 Å². The second kappa shape index (κ2) is 6.06. The zero-order valence-electron chi connectivity index (χ0n) is 11.5. The maximum absolute atomic E-state index is 12.1. The number of nitrogens with one attached hydrogen (secondary N) is 1. The van der Waals surface area contributed by atoms with Gasteiger partial charge in [-0.05, 0) is 0 Å². The zero-order valence-corrected chi connectivity index (χ0v) is 12.4. The molecule has 0 atom stereocenters. The maximum Gasteiger partial charge on any atom is 0.312 e. The zero-order chi connectivity index (χ0) is 14.8. The lowest BCUT2D eigenvalue weighted by molar-refractivity contribution is -0.152. The lowest BCUT2D eigenvalue weighted by atomic mass is 10.3. The van der Waals surface area contributed by atoms with E-state index in [1.54, 1.807) is 4.90 Å². The van der Waals surface area contributed by atoms with E-state index in [2.05, 4.69) is 5.32 Å². The number of rotatable bonds is 1. The molecule has 2 amide bonds. The molecule has 2 rings (SSSR count). The molecule has 0 aromatic carbocycles. The van der Waals surface area contributed by atoms with Gasteiger partial charge in [0.2, 0.25) is 10.0 Å². The van der Waals surface area contributed by atoms with Crippen molar-refractivity contribution in [1.82, 2.24) is 19.4 Å². The summed E-state index contributed by atoms with van der Waals surface area (Å²) in [5.41, 5.74) is 0. The molecule has 2 fully saturated rings. The number of carbonyl (C=O) groups excluding carboxylic acids is 2. The first-order valence-corrected chi connectivity index (χ1v) is 8.48. The third-order valence-electron chi connectivity index (χ3n) is 3.58. The Morgan fingerprint density at radius 2 is 1.30 bits per heavy atom. The van der Waals surface area contributed by atoms with E-state index in [4.69, 9.17) is 0 Å². The van der Waals surface area contributed by atoms with E-state index < -0.39 is 21.8 Å². The average molecular weight is 304 g/mol. The van der Waals surface area contributed by atoms with Gasteiger partial charge in [-0.1, -0.05) is 0 Å². The normalized spacial score (nSPS) is 21.9. The summed E-state index contributed by atoms with van der Waals surface area (Å²) in [7, 11) is -3.22. The topological polar surface area (TPSA) is 90.0 Å². The predicted octanol–water partition coefficient (Wildman–Crippen LogP) is -2.48. The number of carbonyl (C=O) groups is 2. The minimum Gasteiger partial charge on any atom is -0.332 e. The Hall–Kier alpha value is -1.19. The van der Waals surface area contributed by atoms with Crippen molar-refractivity contribution in [1.29, 1.82) is 0 Å². The number of hydrogen-bond donors (Lipinski definition) is 1. The molecule has 0 aliphatic carbocycles. The van der Waals surface area contributed by atoms with Crippen LogP contribution in [0.25, 0.3) is 0 Å². The van der Waals surface area contributed by atoms with E-state index in [1.165, 1.54) is 9.21 Å². The Balaban J connectivity index is 1.89. The smallest absolute Gasteiger partial charge is 0.312 e. The van der Waals surface area contributed by atoms with Crippen LogP contribution in [-0.2, 0) is 19.6 Å². The quantitative estimate of drug-likeness (QED) is 0.542. The van der Waals surface area contributed by atoms with E-state index in [0.29, 0.717) is 26.2 Å². The molecular formula is C11H20N4O4S. The molecule has 9 heteroatoms. The van der Waals surface area contributed by atoms with Crippen LogP contribution in [0.15, 0.2) is 0 Å². The Labute approximate surface area is 118 Å². The van der Waals surface area contributed by atoms with E-state index in [1.807, 2.05) is 0 Å². The molecule has 8 nitrogen and oxygen atoms in total. The molecular weight excluding hydrogens is 284 g/mol. The summed E-state index contributed by atoms with van der Waals surface area (Å²) in [5.74, 6) is -1.01. The van der Waals surface area contributed by atoms with Crippen molar-refractivity contribution in [2.24, 2.45) is 0 Å². The van der Waals surface area contributed by atoms with Crippen molar-refractivity contribution >= 4 is 21.8 Å². The molecule has 0 aromatic heterocycles. The molecule has 0 saturated carbocycles. The van der Waals surface area contributed by atoms with Crippen molar-refractivity contribution in [3.63, 3.8) is 0 Å². The fourth-order valence-electron chi connectivity index (χ4n) is 2.36. The molecule has 2 aliphatic heterocycles. The largest absolute Gasteiger partial charge is 0.332 e. The summed E-state index contributed by atoms with van der Waals surface area (Å²) in [6.07, 6.45) is 1.15. The van der Waals surface area contributed by atoms with Gasteiger partial charge in [0, 0.05) is 52.4 Å². The van der Waals surface area contributed by atoms with Crippen LogP contribution < -0.4 is 5.32 Å². The highest BCUT2D eigenvalue weighted by molar-refractivity contribution is 7.88. The Bertz CT molecular complexity index is 479. The lowest BCUT2D eigenvalue weighted by Crippen LogP contribution is -2.56. The second-order valence-corrected chi connectivity index (χ2v) is 6.98. The first-order valence-electron chi connectivity index (χ1n) is 6.63. The first-order chi connectivity index (χ1) is 9.39. The van der Waals surface area contributed by atoms with Crippen molar-refractivity contribution in [2.75, 3.05) is 58.6 Å². The lowest BCUT2D eigenvalue weighted by Gasteiger charge is -2.34. The highest BCUT2D eigenvalue weighted by atomic mass is 32.2. The Kier molecular flexibility index (Phi) is 4.61. The number of piperazine rings is 2. The SMILES string of the molecule is CS(=O)(=O)N1CCN(C(=O)C(=O)N2CCNCC2)CC1. The Morgan fingerprint density at radius 3 is 1.75 bits per heavy atom. The fraction of sp³-hybridized carbons (Fsp3) is 0.818. The average Bonchev–Trinajstić information content (AvgIpc) is 2.46. The van der Waals surface area contributed by atoms with Crippen LogP contribution in [0.5, 0.6) is 0 Å². The monoisotopic (exact) mass is 304 g/mol. The van der Waals surface area contributed by atoms with Gasteiger partial charge < -0.3 is 15.1 Å². The van der Waals surface area contributed by atoms with Crippen molar-refractivity contribution in [2.45, 2.75) is 0 Å². The van der Waals surface area contributed by atoms with E-state index in [0.717, 1.165) is 6.26 Å². The summed E-state index contributed by atoms with van der Waals surface area (Å²) in [4.78, 5) is 27.1. The van der Waals surface area contributed by atoms with Gasteiger partial charge in [0.05, 0.1) is 6.26 Å². The highest BCUT2D eigenvalue weighted by Gasteiger charge is 2.31. The van der Waals surface area contributed by atoms with E-state index in [-0.39, 0.29) is 26.2 Å². The van der Waals surface area contributed by atoms with E-state index in [9.17, 15) is 18.0 Å². The summed E-state index contributed by atoms with van der Waals surface area (Å²) in [5, 5.41) is 3.12. The van der Waals surface area contributed by atoms with Gasteiger partial charge in [0.25, 0.3) is 0 Å². The predicted molar refractivity (Wildman–Crippen MR) is 72.4 cm³/mol. The van der Waals surface area contributed by atoms with Crippen molar-refractivity contribution in [3.8, 4) is 0 Å². The standard InChI is InChI=1S/C11H20N4O4S/c1-20(18,19)15-8-6-14(7-9-15)11(17)10(16)13-4-2-12-3-5-13/h12H,2-9H2,1H3. The second-order valence-electron chi connectivity index (χ2n) is 5.00. The van der Waals surface area contributed by atoms with Gasteiger partial charge in [-0.2, -0.15) is 4.31 Å². The van der Waals surface area contributed by atoms with Crippen LogP contribution in [0.1, 0.15) is 0 Å². The molecule has 1 N–H and O–H groups in total. The Morgan fingerprint density at radius 1 is 0.850 bits per heavy atom. The van der Waals surface area contributed by atoms with Crippen LogP contribution in [0, 0.1) is 0 Å². The molecule has 114 valence electrons. The van der Waals surface area contributed by atoms with Crippen LogP contribution in [0.4, 0.5) is 0 Å². The molecule has 2 heterocycles. The summed E-state index contributed by atoms with van der Waals surface area (Å²) in [6, 6.07) is 0. The fourth-order valence-corrected chi connectivity index (χ4v) is 3.19.